The van der Waals surface area contributed by atoms with Crippen molar-refractivity contribution in [1.82, 2.24) is 4.98 Å². The summed E-state index contributed by atoms with van der Waals surface area (Å²) in [4.78, 5) is 16.1. The number of alkyl halides is 3. The fourth-order valence-corrected chi connectivity index (χ4v) is 2.70. The molecule has 0 spiro atoms. The van der Waals surface area contributed by atoms with E-state index in [1.54, 1.807) is 24.3 Å². The number of esters is 1. The van der Waals surface area contributed by atoms with Gasteiger partial charge < -0.3 is 14.2 Å². The summed E-state index contributed by atoms with van der Waals surface area (Å²) < 4.78 is 53.4. The maximum atomic E-state index is 12.7. The molecule has 3 rings (SSSR count). The van der Waals surface area contributed by atoms with Crippen LogP contribution < -0.4 is 9.47 Å². The second kappa shape index (κ2) is 8.57. The number of benzene rings is 2. The van der Waals surface area contributed by atoms with E-state index in [1.807, 2.05) is 0 Å². The number of aromatic nitrogens is 1. The summed E-state index contributed by atoms with van der Waals surface area (Å²) in [5, 5.41) is 0.943. The monoisotopic (exact) mass is 425 g/mol. The maximum absolute atomic E-state index is 12.7. The van der Waals surface area contributed by atoms with Crippen molar-refractivity contribution < 1.29 is 32.2 Å². The Morgan fingerprint density at radius 1 is 1.10 bits per heavy atom. The molecule has 1 aromatic heterocycles. The van der Waals surface area contributed by atoms with Gasteiger partial charge in [-0.05, 0) is 36.4 Å². The molecule has 9 heteroatoms. The number of carbonyl (C=O) groups is 1. The molecule has 0 atom stereocenters. The van der Waals surface area contributed by atoms with Crippen molar-refractivity contribution >= 4 is 28.5 Å². The standard InChI is InChI=1S/C20H15ClF3NO4/c1-27-15-6-5-12-7-13(19(21)25-17(12)9-15)10-29-18(26)11-28-16-4-2-3-14(8-16)20(22,23)24/h2-9H,10-11H2,1H3. The molecule has 0 fully saturated rings. The Kier molecular flexibility index (Phi) is 6.12. The Hall–Kier alpha value is -3.00. The zero-order valence-corrected chi connectivity index (χ0v) is 15.9. The Morgan fingerprint density at radius 2 is 1.90 bits per heavy atom. The van der Waals surface area contributed by atoms with Gasteiger partial charge >= 0.3 is 12.1 Å². The van der Waals surface area contributed by atoms with Gasteiger partial charge in [0, 0.05) is 17.0 Å². The lowest BCUT2D eigenvalue weighted by Crippen LogP contribution is -2.15. The lowest BCUT2D eigenvalue weighted by molar-refractivity contribution is -0.147. The Morgan fingerprint density at radius 3 is 2.62 bits per heavy atom. The molecule has 0 aliphatic carbocycles. The number of methoxy groups -OCH3 is 1. The number of nitrogens with zero attached hydrogens (tertiary/aromatic N) is 1. The van der Waals surface area contributed by atoms with Crippen LogP contribution in [0.4, 0.5) is 13.2 Å². The minimum Gasteiger partial charge on any atom is -0.497 e. The van der Waals surface area contributed by atoms with E-state index >= 15 is 0 Å². The molecule has 0 bridgehead atoms. The topological polar surface area (TPSA) is 57.7 Å². The number of fused-ring (bicyclic) bond motifs is 1. The molecule has 2 aromatic carbocycles. The van der Waals surface area contributed by atoms with E-state index in [0.29, 0.717) is 16.8 Å². The van der Waals surface area contributed by atoms with Crippen LogP contribution in [-0.4, -0.2) is 24.7 Å². The number of carbonyl (C=O) groups excluding carboxylic acids is 1. The highest BCUT2D eigenvalue weighted by Gasteiger charge is 2.30. The van der Waals surface area contributed by atoms with Gasteiger partial charge in [-0.2, -0.15) is 13.2 Å². The summed E-state index contributed by atoms with van der Waals surface area (Å²) >= 11 is 6.13. The third kappa shape index (κ3) is 5.29. The number of hydrogen-bond acceptors (Lipinski definition) is 5. The fourth-order valence-electron chi connectivity index (χ4n) is 2.50. The Labute approximate surface area is 169 Å². The highest BCUT2D eigenvalue weighted by molar-refractivity contribution is 6.30. The van der Waals surface area contributed by atoms with E-state index < -0.39 is 24.3 Å². The van der Waals surface area contributed by atoms with E-state index in [-0.39, 0.29) is 17.5 Å². The van der Waals surface area contributed by atoms with Gasteiger partial charge in [-0.3, -0.25) is 0 Å². The number of rotatable bonds is 6. The molecule has 0 aliphatic rings. The first-order valence-electron chi connectivity index (χ1n) is 8.35. The summed E-state index contributed by atoms with van der Waals surface area (Å²) in [6.07, 6.45) is -4.50. The van der Waals surface area contributed by atoms with Gasteiger partial charge in [0.05, 0.1) is 18.2 Å². The van der Waals surface area contributed by atoms with Crippen molar-refractivity contribution in [2.45, 2.75) is 12.8 Å². The summed E-state index contributed by atoms with van der Waals surface area (Å²) in [6, 6.07) is 11.2. The third-order valence-corrected chi connectivity index (χ3v) is 4.28. The van der Waals surface area contributed by atoms with E-state index in [2.05, 4.69) is 4.98 Å². The van der Waals surface area contributed by atoms with Crippen LogP contribution in [0.1, 0.15) is 11.1 Å². The molecule has 0 aliphatic heterocycles. The van der Waals surface area contributed by atoms with Crippen molar-refractivity contribution in [1.29, 1.82) is 0 Å². The number of ether oxygens (including phenoxy) is 3. The second-order valence-corrected chi connectivity index (χ2v) is 6.33. The van der Waals surface area contributed by atoms with Gasteiger partial charge in [0.1, 0.15) is 23.3 Å². The number of halogens is 4. The molecule has 152 valence electrons. The molecule has 1 heterocycles. The predicted octanol–water partition coefficient (Wildman–Crippen LogP) is 5.04. The lowest BCUT2D eigenvalue weighted by atomic mass is 10.1. The zero-order chi connectivity index (χ0) is 21.0. The first-order valence-corrected chi connectivity index (χ1v) is 8.73. The van der Waals surface area contributed by atoms with Gasteiger partial charge in [0.15, 0.2) is 6.61 Å². The number of hydrogen-bond donors (Lipinski definition) is 0. The molecule has 3 aromatic rings. The van der Waals surface area contributed by atoms with Crippen LogP contribution in [0.25, 0.3) is 10.9 Å². The Balaban J connectivity index is 1.60. The van der Waals surface area contributed by atoms with E-state index in [1.165, 1.54) is 19.2 Å². The van der Waals surface area contributed by atoms with Crippen LogP contribution in [0.2, 0.25) is 5.15 Å². The van der Waals surface area contributed by atoms with E-state index in [9.17, 15) is 18.0 Å². The van der Waals surface area contributed by atoms with Crippen LogP contribution in [0, 0.1) is 0 Å². The van der Waals surface area contributed by atoms with Crippen molar-refractivity contribution in [2.75, 3.05) is 13.7 Å². The normalized spacial score (nSPS) is 11.3. The van der Waals surface area contributed by atoms with Crippen molar-refractivity contribution in [3.05, 3.63) is 64.8 Å². The minimum absolute atomic E-state index is 0.0869. The average Bonchev–Trinajstić information content (AvgIpc) is 2.69. The van der Waals surface area contributed by atoms with Crippen LogP contribution in [0.3, 0.4) is 0 Å². The summed E-state index contributed by atoms with van der Waals surface area (Å²) in [5.41, 5.74) is 0.239. The van der Waals surface area contributed by atoms with Gasteiger partial charge in [-0.1, -0.05) is 17.7 Å². The molecular weight excluding hydrogens is 411 g/mol. The quantitative estimate of drug-likeness (QED) is 0.409. The molecule has 0 radical (unpaired) electrons. The van der Waals surface area contributed by atoms with E-state index in [0.717, 1.165) is 17.5 Å². The number of pyridine rings is 1. The second-order valence-electron chi connectivity index (χ2n) is 5.97. The fraction of sp³-hybridized carbons (Fsp3) is 0.200. The maximum Gasteiger partial charge on any atom is 0.416 e. The third-order valence-electron chi connectivity index (χ3n) is 3.96. The van der Waals surface area contributed by atoms with Gasteiger partial charge in [-0.25, -0.2) is 9.78 Å². The molecule has 5 nitrogen and oxygen atoms in total. The first kappa shape index (κ1) is 20.7. The van der Waals surface area contributed by atoms with E-state index in [4.69, 9.17) is 25.8 Å². The van der Waals surface area contributed by atoms with Gasteiger partial charge in [-0.15, -0.1) is 0 Å². The molecule has 0 saturated carbocycles. The Bertz CT molecular complexity index is 1040. The summed E-state index contributed by atoms with van der Waals surface area (Å²) in [5.74, 6) is -0.212. The van der Waals surface area contributed by atoms with Crippen LogP contribution in [-0.2, 0) is 22.3 Å². The summed E-state index contributed by atoms with van der Waals surface area (Å²) in [7, 11) is 1.54. The van der Waals surface area contributed by atoms with Gasteiger partial charge in [0.25, 0.3) is 0 Å². The summed E-state index contributed by atoms with van der Waals surface area (Å²) in [6.45, 7) is -0.699. The van der Waals surface area contributed by atoms with Crippen molar-refractivity contribution in [2.24, 2.45) is 0 Å². The predicted molar refractivity (Wildman–Crippen MR) is 100 cm³/mol. The van der Waals surface area contributed by atoms with Crippen LogP contribution in [0.15, 0.2) is 48.5 Å². The minimum atomic E-state index is -4.50. The molecule has 0 amide bonds. The highest BCUT2D eigenvalue weighted by atomic mass is 35.5. The molecule has 0 N–H and O–H groups in total. The first-order chi connectivity index (χ1) is 13.8. The lowest BCUT2D eigenvalue weighted by Gasteiger charge is -2.11. The van der Waals surface area contributed by atoms with Gasteiger partial charge in [0.2, 0.25) is 0 Å². The molecule has 0 unspecified atom stereocenters. The molecule has 0 saturated heterocycles. The zero-order valence-electron chi connectivity index (χ0n) is 15.1. The molecular formula is C20H15ClF3NO4. The van der Waals surface area contributed by atoms with Crippen LogP contribution >= 0.6 is 11.6 Å². The van der Waals surface area contributed by atoms with Crippen molar-refractivity contribution in [3.63, 3.8) is 0 Å². The largest absolute Gasteiger partial charge is 0.497 e. The SMILES string of the molecule is COc1ccc2cc(COC(=O)COc3cccc(C(F)(F)F)c3)c(Cl)nc2c1. The smallest absolute Gasteiger partial charge is 0.416 e. The highest BCUT2D eigenvalue weighted by Crippen LogP contribution is 2.31. The molecule has 29 heavy (non-hydrogen) atoms. The average molecular weight is 426 g/mol. The van der Waals surface area contributed by atoms with Crippen molar-refractivity contribution in [3.8, 4) is 11.5 Å². The van der Waals surface area contributed by atoms with Crippen LogP contribution in [0.5, 0.6) is 11.5 Å².